The van der Waals surface area contributed by atoms with E-state index in [1.54, 1.807) is 12.1 Å². The third-order valence-corrected chi connectivity index (χ3v) is 6.17. The Labute approximate surface area is 220 Å². The maximum atomic E-state index is 13.2. The third-order valence-electron chi connectivity index (χ3n) is 6.17. The normalized spacial score (nSPS) is 18.1. The first kappa shape index (κ1) is 30.3. The van der Waals surface area contributed by atoms with Crippen molar-refractivity contribution < 1.29 is 34.5 Å². The molecule has 0 radical (unpaired) electrons. The molecule has 14 nitrogen and oxygen atoms in total. The van der Waals surface area contributed by atoms with Crippen LogP contribution < -0.4 is 27.8 Å². The Morgan fingerprint density at radius 2 is 1.79 bits per heavy atom. The van der Waals surface area contributed by atoms with E-state index in [9.17, 15) is 34.5 Å². The van der Waals surface area contributed by atoms with Crippen molar-refractivity contribution in [1.82, 2.24) is 15.5 Å². The van der Waals surface area contributed by atoms with Crippen LogP contribution in [0.3, 0.4) is 0 Å². The van der Waals surface area contributed by atoms with Gasteiger partial charge in [0.15, 0.2) is 5.96 Å². The summed E-state index contributed by atoms with van der Waals surface area (Å²) in [6.45, 7) is 1.69. The Morgan fingerprint density at radius 1 is 1.13 bits per heavy atom. The zero-order chi connectivity index (χ0) is 28.4. The highest BCUT2D eigenvalue weighted by Crippen LogP contribution is 2.20. The molecule has 0 bridgehead atoms. The number of aromatic hydroxyl groups is 1. The molecule has 14 heteroatoms. The van der Waals surface area contributed by atoms with Crippen LogP contribution in [0, 0.1) is 0 Å². The molecule has 38 heavy (non-hydrogen) atoms. The lowest BCUT2D eigenvalue weighted by Crippen LogP contribution is -2.60. The van der Waals surface area contributed by atoms with E-state index in [0.717, 1.165) is 0 Å². The van der Waals surface area contributed by atoms with Crippen LogP contribution in [0.2, 0.25) is 0 Å². The standard InChI is InChI=1S/C24H37N7O7/c1-13(32)19(30-20(34)16(25)12-14-6-8-15(33)9-7-14)21(35)29-17(4-2-10-28-24(26)27)22(36)31-11-3-5-18(31)23(37)38/h6-9,13,16-19,32-33H,2-5,10-12,25H2,1H3,(H,29,35)(H,30,34)(H,37,38)(H4,26,27,28). The van der Waals surface area contributed by atoms with Crippen LogP contribution in [-0.4, -0.2) is 93.2 Å². The molecular formula is C24H37N7O7. The Morgan fingerprint density at radius 3 is 2.37 bits per heavy atom. The van der Waals surface area contributed by atoms with Gasteiger partial charge in [-0.3, -0.25) is 19.4 Å². The summed E-state index contributed by atoms with van der Waals surface area (Å²) in [5, 5.41) is 34.1. The molecule has 3 amide bonds. The first-order valence-electron chi connectivity index (χ1n) is 12.3. The summed E-state index contributed by atoms with van der Waals surface area (Å²) >= 11 is 0. The Hall–Kier alpha value is -3.91. The smallest absolute Gasteiger partial charge is 0.326 e. The Bertz CT molecular complexity index is 1010. The summed E-state index contributed by atoms with van der Waals surface area (Å²) < 4.78 is 0. The second kappa shape index (κ2) is 14.1. The molecule has 1 aromatic carbocycles. The summed E-state index contributed by atoms with van der Waals surface area (Å²) in [5.74, 6) is -3.35. The number of carbonyl (C=O) groups is 4. The minimum absolute atomic E-state index is 0.0589. The molecule has 11 N–H and O–H groups in total. The van der Waals surface area contributed by atoms with E-state index in [4.69, 9.17) is 17.2 Å². The molecule has 2 rings (SSSR count). The lowest BCUT2D eigenvalue weighted by atomic mass is 10.0. The van der Waals surface area contributed by atoms with Crippen molar-refractivity contribution in [3.63, 3.8) is 0 Å². The molecule has 1 aromatic rings. The van der Waals surface area contributed by atoms with Gasteiger partial charge in [-0.1, -0.05) is 12.1 Å². The summed E-state index contributed by atoms with van der Waals surface area (Å²) in [6, 6.07) is 1.45. The van der Waals surface area contributed by atoms with Crippen molar-refractivity contribution in [1.29, 1.82) is 0 Å². The fourth-order valence-electron chi connectivity index (χ4n) is 4.15. The quantitative estimate of drug-likeness (QED) is 0.0765. The van der Waals surface area contributed by atoms with Crippen molar-refractivity contribution in [3.05, 3.63) is 29.8 Å². The number of phenolic OH excluding ortho intramolecular Hbond substituents is 1. The third kappa shape index (κ3) is 8.88. The number of carbonyl (C=O) groups excluding carboxylic acids is 3. The lowest BCUT2D eigenvalue weighted by molar-refractivity contribution is -0.149. The van der Waals surface area contributed by atoms with E-state index in [1.807, 2.05) is 0 Å². The van der Waals surface area contributed by atoms with Crippen molar-refractivity contribution >= 4 is 29.7 Å². The molecule has 1 aliphatic rings. The van der Waals surface area contributed by atoms with E-state index >= 15 is 0 Å². The largest absolute Gasteiger partial charge is 0.508 e. The van der Waals surface area contributed by atoms with Gasteiger partial charge in [-0.15, -0.1) is 0 Å². The predicted molar refractivity (Wildman–Crippen MR) is 138 cm³/mol. The Kier molecular flexibility index (Phi) is 11.3. The van der Waals surface area contributed by atoms with Crippen LogP contribution in [0.15, 0.2) is 29.3 Å². The fraction of sp³-hybridized carbons (Fsp3) is 0.542. The monoisotopic (exact) mass is 535 g/mol. The minimum atomic E-state index is -1.43. The van der Waals surface area contributed by atoms with Gasteiger partial charge in [-0.2, -0.15) is 0 Å². The van der Waals surface area contributed by atoms with Gasteiger partial charge < -0.3 is 48.1 Å². The van der Waals surface area contributed by atoms with Gasteiger partial charge in [-0.05, 0) is 56.7 Å². The van der Waals surface area contributed by atoms with E-state index in [-0.39, 0.29) is 37.6 Å². The number of aliphatic hydroxyl groups is 1. The van der Waals surface area contributed by atoms with Crippen molar-refractivity contribution in [2.75, 3.05) is 13.1 Å². The molecule has 0 spiro atoms. The summed E-state index contributed by atoms with van der Waals surface area (Å²) in [6.07, 6.45) is -0.0498. The number of carboxylic acids is 1. The molecule has 1 fully saturated rings. The molecule has 0 aliphatic carbocycles. The first-order chi connectivity index (χ1) is 17.9. The van der Waals surface area contributed by atoms with Crippen LogP contribution in [0.25, 0.3) is 0 Å². The van der Waals surface area contributed by atoms with Gasteiger partial charge in [-0.25, -0.2) is 4.79 Å². The number of hydrogen-bond donors (Lipinski definition) is 8. The van der Waals surface area contributed by atoms with Crippen LogP contribution in [-0.2, 0) is 25.6 Å². The number of benzene rings is 1. The van der Waals surface area contributed by atoms with Gasteiger partial charge in [0.1, 0.15) is 23.9 Å². The number of amides is 3. The van der Waals surface area contributed by atoms with Crippen LogP contribution in [0.1, 0.15) is 38.2 Å². The van der Waals surface area contributed by atoms with E-state index in [2.05, 4.69) is 15.6 Å². The molecule has 5 atom stereocenters. The number of nitrogens with one attached hydrogen (secondary N) is 2. The van der Waals surface area contributed by atoms with Crippen molar-refractivity contribution in [2.24, 2.45) is 22.2 Å². The number of carboxylic acid groups (broad SMARTS) is 1. The van der Waals surface area contributed by atoms with Gasteiger partial charge in [0, 0.05) is 13.1 Å². The van der Waals surface area contributed by atoms with Crippen LogP contribution >= 0.6 is 0 Å². The number of likely N-dealkylation sites (tertiary alicyclic amines) is 1. The summed E-state index contributed by atoms with van der Waals surface area (Å²) in [5.41, 5.74) is 17.3. The second-order valence-electron chi connectivity index (χ2n) is 9.24. The van der Waals surface area contributed by atoms with E-state index in [0.29, 0.717) is 24.8 Å². The molecule has 5 unspecified atom stereocenters. The minimum Gasteiger partial charge on any atom is -0.508 e. The van der Waals surface area contributed by atoms with E-state index < -0.39 is 54.0 Å². The number of phenols is 1. The molecule has 1 saturated heterocycles. The van der Waals surface area contributed by atoms with Crippen molar-refractivity contribution in [3.8, 4) is 5.75 Å². The lowest BCUT2D eigenvalue weighted by Gasteiger charge is -2.29. The number of aliphatic imine (C=N–C) groups is 1. The van der Waals surface area contributed by atoms with Crippen LogP contribution in [0.4, 0.5) is 0 Å². The van der Waals surface area contributed by atoms with Gasteiger partial charge in [0.25, 0.3) is 0 Å². The molecule has 1 heterocycles. The van der Waals surface area contributed by atoms with Gasteiger partial charge >= 0.3 is 5.97 Å². The number of guanidine groups is 1. The zero-order valence-electron chi connectivity index (χ0n) is 21.2. The molecule has 0 aromatic heterocycles. The number of aliphatic carboxylic acids is 1. The SMILES string of the molecule is CC(O)C(NC(=O)C(N)Cc1ccc(O)cc1)C(=O)NC(CCCN=C(N)N)C(=O)N1CCCC1C(=O)O. The zero-order valence-corrected chi connectivity index (χ0v) is 21.2. The number of nitrogens with two attached hydrogens (primary N) is 3. The van der Waals surface area contributed by atoms with Gasteiger partial charge in [0.05, 0.1) is 12.1 Å². The van der Waals surface area contributed by atoms with E-state index in [1.165, 1.54) is 24.0 Å². The number of nitrogens with zero attached hydrogens (tertiary/aromatic N) is 2. The second-order valence-corrected chi connectivity index (χ2v) is 9.24. The molecular weight excluding hydrogens is 498 g/mol. The highest BCUT2D eigenvalue weighted by molar-refractivity contribution is 5.94. The number of hydrogen-bond acceptors (Lipinski definition) is 8. The molecule has 210 valence electrons. The highest BCUT2D eigenvalue weighted by atomic mass is 16.4. The average Bonchev–Trinajstić information content (AvgIpc) is 3.35. The average molecular weight is 536 g/mol. The highest BCUT2D eigenvalue weighted by Gasteiger charge is 2.38. The van der Waals surface area contributed by atoms with Crippen LogP contribution in [0.5, 0.6) is 5.75 Å². The number of rotatable bonds is 13. The maximum Gasteiger partial charge on any atom is 0.326 e. The summed E-state index contributed by atoms with van der Waals surface area (Å²) in [4.78, 5) is 55.7. The maximum absolute atomic E-state index is 13.2. The number of aliphatic hydroxyl groups excluding tert-OH is 1. The van der Waals surface area contributed by atoms with Gasteiger partial charge in [0.2, 0.25) is 17.7 Å². The Balaban J connectivity index is 2.12. The predicted octanol–water partition coefficient (Wildman–Crippen LogP) is -2.26. The molecule has 0 saturated carbocycles. The summed E-state index contributed by atoms with van der Waals surface area (Å²) in [7, 11) is 0. The van der Waals surface area contributed by atoms with Crippen molar-refractivity contribution in [2.45, 2.75) is 69.3 Å². The molecule has 1 aliphatic heterocycles. The first-order valence-corrected chi connectivity index (χ1v) is 12.3. The fourth-order valence-corrected chi connectivity index (χ4v) is 4.15. The topological polar surface area (TPSA) is 247 Å².